The van der Waals surface area contributed by atoms with Crippen LogP contribution in [0.1, 0.15) is 34.0 Å². The summed E-state index contributed by atoms with van der Waals surface area (Å²) in [6, 6.07) is 9.57. The Morgan fingerprint density at radius 3 is 2.36 bits per heavy atom. The van der Waals surface area contributed by atoms with Gasteiger partial charge in [-0.1, -0.05) is 33.6 Å². The van der Waals surface area contributed by atoms with Crippen LogP contribution < -0.4 is 10.1 Å². The van der Waals surface area contributed by atoms with E-state index in [1.54, 1.807) is 12.1 Å². The maximum absolute atomic E-state index is 12.6. The highest BCUT2D eigenvalue weighted by Gasteiger charge is 2.15. The van der Waals surface area contributed by atoms with E-state index in [-0.39, 0.29) is 5.91 Å². The minimum absolute atomic E-state index is 0.167. The van der Waals surface area contributed by atoms with Gasteiger partial charge in [-0.05, 0) is 57.0 Å². The van der Waals surface area contributed by atoms with Crippen LogP contribution in [-0.2, 0) is 0 Å². The summed E-state index contributed by atoms with van der Waals surface area (Å²) in [5.74, 6) is 0.422. The summed E-state index contributed by atoms with van der Waals surface area (Å²) in [7, 11) is 0. The molecule has 3 nitrogen and oxygen atoms in total. The molecule has 0 atom stereocenters. The van der Waals surface area contributed by atoms with Crippen molar-refractivity contribution in [1.82, 2.24) is 0 Å². The summed E-state index contributed by atoms with van der Waals surface area (Å²) in [6.07, 6.45) is 0. The molecular formula is C18H20BrNO2. The smallest absolute Gasteiger partial charge is 0.259 e. The van der Waals surface area contributed by atoms with Gasteiger partial charge in [0.1, 0.15) is 5.75 Å². The molecule has 0 aliphatic carbocycles. The van der Waals surface area contributed by atoms with Crippen molar-refractivity contribution < 1.29 is 9.53 Å². The molecule has 2 aromatic rings. The number of halogens is 1. The molecule has 22 heavy (non-hydrogen) atoms. The van der Waals surface area contributed by atoms with Gasteiger partial charge in [-0.2, -0.15) is 0 Å². The zero-order valence-corrected chi connectivity index (χ0v) is 14.9. The summed E-state index contributed by atoms with van der Waals surface area (Å²) in [6.45, 7) is 8.47. The normalized spacial score (nSPS) is 10.4. The molecule has 0 radical (unpaired) electrons. The highest BCUT2D eigenvalue weighted by Crippen LogP contribution is 2.27. The van der Waals surface area contributed by atoms with Crippen LogP contribution in [0.15, 0.2) is 34.8 Å². The SMILES string of the molecule is CCOc1ccc(Br)cc1C(=O)Nc1c(C)cc(C)cc1C. The topological polar surface area (TPSA) is 38.3 Å². The van der Waals surface area contributed by atoms with Crippen molar-refractivity contribution in [2.75, 3.05) is 11.9 Å². The van der Waals surface area contributed by atoms with E-state index in [2.05, 4.69) is 33.4 Å². The van der Waals surface area contributed by atoms with Crippen molar-refractivity contribution in [3.8, 4) is 5.75 Å². The predicted octanol–water partition coefficient (Wildman–Crippen LogP) is 5.03. The number of aryl methyl sites for hydroxylation is 3. The van der Waals surface area contributed by atoms with Gasteiger partial charge in [0.05, 0.1) is 12.2 Å². The Bertz CT molecular complexity index is 687. The molecule has 0 fully saturated rings. The number of carbonyl (C=O) groups excluding carboxylic acids is 1. The van der Waals surface area contributed by atoms with Crippen LogP contribution in [0.5, 0.6) is 5.75 Å². The molecule has 0 bridgehead atoms. The van der Waals surface area contributed by atoms with Crippen LogP contribution in [-0.4, -0.2) is 12.5 Å². The molecule has 0 saturated heterocycles. The monoisotopic (exact) mass is 361 g/mol. The molecule has 0 aromatic heterocycles. The van der Waals surface area contributed by atoms with Gasteiger partial charge in [0.2, 0.25) is 0 Å². The Labute approximate surface area is 139 Å². The lowest BCUT2D eigenvalue weighted by molar-refractivity contribution is 0.102. The number of amides is 1. The summed E-state index contributed by atoms with van der Waals surface area (Å²) < 4.78 is 6.39. The number of benzene rings is 2. The molecule has 0 unspecified atom stereocenters. The third-order valence-corrected chi connectivity index (χ3v) is 3.89. The standard InChI is InChI=1S/C18H20BrNO2/c1-5-22-16-7-6-14(19)10-15(16)18(21)20-17-12(3)8-11(2)9-13(17)4/h6-10H,5H2,1-4H3,(H,20,21). The number of anilines is 1. The van der Waals surface area contributed by atoms with E-state index in [1.807, 2.05) is 33.8 Å². The second-order valence-electron chi connectivity index (χ2n) is 5.30. The maximum atomic E-state index is 12.6. The molecule has 0 aliphatic heterocycles. The first-order valence-corrected chi connectivity index (χ1v) is 8.03. The van der Waals surface area contributed by atoms with Crippen LogP contribution in [0.25, 0.3) is 0 Å². The van der Waals surface area contributed by atoms with Crippen LogP contribution in [0.3, 0.4) is 0 Å². The minimum Gasteiger partial charge on any atom is -0.493 e. The Kier molecular flexibility index (Phi) is 5.24. The van der Waals surface area contributed by atoms with Gasteiger partial charge in [0.25, 0.3) is 5.91 Å². The van der Waals surface area contributed by atoms with E-state index in [1.165, 1.54) is 5.56 Å². The lowest BCUT2D eigenvalue weighted by Gasteiger charge is -2.15. The van der Waals surface area contributed by atoms with Crippen molar-refractivity contribution in [2.45, 2.75) is 27.7 Å². The van der Waals surface area contributed by atoms with Gasteiger partial charge in [-0.3, -0.25) is 4.79 Å². The molecule has 1 amide bonds. The van der Waals surface area contributed by atoms with Crippen molar-refractivity contribution in [1.29, 1.82) is 0 Å². The Morgan fingerprint density at radius 1 is 1.14 bits per heavy atom. The number of ether oxygens (including phenoxy) is 1. The van der Waals surface area contributed by atoms with Crippen LogP contribution in [0.2, 0.25) is 0 Å². The van der Waals surface area contributed by atoms with Crippen LogP contribution in [0.4, 0.5) is 5.69 Å². The number of carbonyl (C=O) groups is 1. The first kappa shape index (κ1) is 16.6. The van der Waals surface area contributed by atoms with E-state index in [4.69, 9.17) is 4.74 Å². The van der Waals surface area contributed by atoms with Gasteiger partial charge >= 0.3 is 0 Å². The third-order valence-electron chi connectivity index (χ3n) is 3.40. The van der Waals surface area contributed by atoms with Crippen LogP contribution in [0, 0.1) is 20.8 Å². The van der Waals surface area contributed by atoms with Gasteiger partial charge < -0.3 is 10.1 Å². The van der Waals surface area contributed by atoms with E-state index >= 15 is 0 Å². The summed E-state index contributed by atoms with van der Waals surface area (Å²) >= 11 is 3.40. The molecule has 2 aromatic carbocycles. The van der Waals surface area contributed by atoms with E-state index < -0.39 is 0 Å². The molecule has 0 saturated carbocycles. The van der Waals surface area contributed by atoms with Gasteiger partial charge in [0.15, 0.2) is 0 Å². The number of rotatable bonds is 4. The van der Waals surface area contributed by atoms with E-state index in [0.717, 1.165) is 21.3 Å². The van der Waals surface area contributed by atoms with Crippen molar-refractivity contribution in [3.63, 3.8) is 0 Å². The molecule has 0 heterocycles. The minimum atomic E-state index is -0.167. The van der Waals surface area contributed by atoms with Gasteiger partial charge in [-0.25, -0.2) is 0 Å². The van der Waals surface area contributed by atoms with Crippen molar-refractivity contribution >= 4 is 27.5 Å². The first-order valence-electron chi connectivity index (χ1n) is 7.24. The highest BCUT2D eigenvalue weighted by molar-refractivity contribution is 9.10. The fourth-order valence-corrected chi connectivity index (χ4v) is 2.88. The quantitative estimate of drug-likeness (QED) is 0.829. The van der Waals surface area contributed by atoms with E-state index in [9.17, 15) is 4.79 Å². The zero-order chi connectivity index (χ0) is 16.3. The van der Waals surface area contributed by atoms with E-state index in [0.29, 0.717) is 17.9 Å². The van der Waals surface area contributed by atoms with Crippen molar-refractivity contribution in [2.24, 2.45) is 0 Å². The molecule has 4 heteroatoms. The number of nitrogens with one attached hydrogen (secondary N) is 1. The summed E-state index contributed by atoms with van der Waals surface area (Å²) in [4.78, 5) is 12.6. The Hall–Kier alpha value is -1.81. The third kappa shape index (κ3) is 3.69. The van der Waals surface area contributed by atoms with Crippen LogP contribution >= 0.6 is 15.9 Å². The highest BCUT2D eigenvalue weighted by atomic mass is 79.9. The second-order valence-corrected chi connectivity index (χ2v) is 6.22. The predicted molar refractivity (Wildman–Crippen MR) is 93.9 cm³/mol. The molecule has 1 N–H and O–H groups in total. The zero-order valence-electron chi connectivity index (χ0n) is 13.3. The maximum Gasteiger partial charge on any atom is 0.259 e. The lowest BCUT2D eigenvalue weighted by atomic mass is 10.0. The average molecular weight is 362 g/mol. The molecule has 2 rings (SSSR count). The van der Waals surface area contributed by atoms with Crippen molar-refractivity contribution in [3.05, 3.63) is 57.1 Å². The lowest BCUT2D eigenvalue weighted by Crippen LogP contribution is -2.15. The summed E-state index contributed by atoms with van der Waals surface area (Å²) in [5, 5.41) is 3.01. The van der Waals surface area contributed by atoms with Gasteiger partial charge in [-0.15, -0.1) is 0 Å². The van der Waals surface area contributed by atoms with Gasteiger partial charge in [0, 0.05) is 10.2 Å². The Morgan fingerprint density at radius 2 is 1.77 bits per heavy atom. The molecule has 116 valence electrons. The molecule has 0 aliphatic rings. The average Bonchev–Trinajstić information content (AvgIpc) is 2.44. The number of hydrogen-bond donors (Lipinski definition) is 1. The molecular weight excluding hydrogens is 342 g/mol. The first-order chi connectivity index (χ1) is 10.4. The molecule has 0 spiro atoms. The number of hydrogen-bond acceptors (Lipinski definition) is 2. The fraction of sp³-hybridized carbons (Fsp3) is 0.278. The Balaban J connectivity index is 2.36. The second kappa shape index (κ2) is 6.97. The largest absolute Gasteiger partial charge is 0.493 e. The summed E-state index contributed by atoms with van der Waals surface area (Å²) in [5.41, 5.74) is 4.68. The fourth-order valence-electron chi connectivity index (χ4n) is 2.52.